The summed E-state index contributed by atoms with van der Waals surface area (Å²) >= 11 is 0. The van der Waals surface area contributed by atoms with Crippen LogP contribution < -0.4 is 10.7 Å². The van der Waals surface area contributed by atoms with E-state index >= 15 is 0 Å². The first-order valence-corrected chi connectivity index (χ1v) is 8.59. The average Bonchev–Trinajstić information content (AvgIpc) is 2.72. The average molecular weight is 374 g/mol. The van der Waals surface area contributed by atoms with Crippen LogP contribution in [0.5, 0.6) is 0 Å². The predicted octanol–water partition coefficient (Wildman–Crippen LogP) is 3.98. The fourth-order valence-corrected chi connectivity index (χ4v) is 2.69. The van der Waals surface area contributed by atoms with Crippen LogP contribution >= 0.6 is 0 Å². The lowest BCUT2D eigenvalue weighted by molar-refractivity contribution is -0.385. The Hall–Kier alpha value is -4.00. The Morgan fingerprint density at radius 2 is 1.79 bits per heavy atom. The summed E-state index contributed by atoms with van der Waals surface area (Å²) in [6.45, 7) is 0.0687. The molecule has 0 aliphatic heterocycles. The molecule has 0 fully saturated rings. The molecule has 0 aliphatic rings. The van der Waals surface area contributed by atoms with E-state index in [1.807, 2.05) is 42.5 Å². The largest absolute Gasteiger partial charge is 0.376 e. The fourth-order valence-electron chi connectivity index (χ4n) is 2.69. The summed E-state index contributed by atoms with van der Waals surface area (Å²) in [6.07, 6.45) is 4.45. The first-order valence-electron chi connectivity index (χ1n) is 8.59. The number of para-hydroxylation sites is 1. The van der Waals surface area contributed by atoms with Gasteiger partial charge in [-0.3, -0.25) is 14.9 Å². The monoisotopic (exact) mass is 374 g/mol. The van der Waals surface area contributed by atoms with E-state index in [-0.39, 0.29) is 18.1 Å². The molecular weight excluding hydrogens is 356 g/mol. The van der Waals surface area contributed by atoms with E-state index in [1.54, 1.807) is 24.3 Å². The van der Waals surface area contributed by atoms with Gasteiger partial charge in [0.25, 0.3) is 11.6 Å². The molecular formula is C21H18N4O3. The van der Waals surface area contributed by atoms with Crippen molar-refractivity contribution in [2.75, 3.05) is 11.9 Å². The third kappa shape index (κ3) is 4.79. The minimum atomic E-state index is -0.447. The molecule has 0 heterocycles. The number of nitrogens with zero attached hydrogens (tertiary/aromatic N) is 2. The summed E-state index contributed by atoms with van der Waals surface area (Å²) in [5, 5.41) is 20.0. The molecule has 0 unspecified atom stereocenters. The van der Waals surface area contributed by atoms with Crippen LogP contribution in [0, 0.1) is 10.1 Å². The summed E-state index contributed by atoms with van der Waals surface area (Å²) in [5.74, 6) is -0.303. The molecule has 1 amide bonds. The third-order valence-electron chi connectivity index (χ3n) is 3.99. The molecule has 3 aromatic rings. The van der Waals surface area contributed by atoms with Gasteiger partial charge in [-0.25, -0.2) is 5.43 Å². The second-order valence-corrected chi connectivity index (χ2v) is 5.87. The summed E-state index contributed by atoms with van der Waals surface area (Å²) in [5.41, 5.74) is 3.75. The predicted molar refractivity (Wildman–Crippen MR) is 111 cm³/mol. The highest BCUT2D eigenvalue weighted by molar-refractivity contribution is 5.95. The lowest BCUT2D eigenvalue weighted by Gasteiger charge is -2.08. The maximum absolute atomic E-state index is 11.9. The number of nitrogens with one attached hydrogen (secondary N) is 2. The van der Waals surface area contributed by atoms with Gasteiger partial charge in [0.15, 0.2) is 0 Å². The SMILES string of the molecule is O=C(CNc1cccc2ccccc12)N/N=C\C=C\c1ccccc1[N+](=O)[O-]. The van der Waals surface area contributed by atoms with E-state index < -0.39 is 4.92 Å². The van der Waals surface area contributed by atoms with E-state index in [1.165, 1.54) is 18.4 Å². The van der Waals surface area contributed by atoms with Crippen LogP contribution in [0.3, 0.4) is 0 Å². The van der Waals surface area contributed by atoms with Gasteiger partial charge in [-0.1, -0.05) is 48.5 Å². The first kappa shape index (κ1) is 18.8. The van der Waals surface area contributed by atoms with Crippen molar-refractivity contribution in [2.24, 2.45) is 5.10 Å². The molecule has 0 saturated carbocycles. The van der Waals surface area contributed by atoms with Crippen LogP contribution in [-0.2, 0) is 4.79 Å². The van der Waals surface area contributed by atoms with Gasteiger partial charge in [0.05, 0.1) is 17.0 Å². The number of allylic oxidation sites excluding steroid dienone is 1. The molecule has 7 nitrogen and oxygen atoms in total. The molecule has 140 valence electrons. The van der Waals surface area contributed by atoms with Gasteiger partial charge < -0.3 is 5.32 Å². The summed E-state index contributed by atoms with van der Waals surface area (Å²) in [7, 11) is 0. The maximum atomic E-state index is 11.9. The summed E-state index contributed by atoms with van der Waals surface area (Å²) in [4.78, 5) is 22.4. The number of benzene rings is 3. The molecule has 0 aliphatic carbocycles. The van der Waals surface area contributed by atoms with E-state index in [4.69, 9.17) is 0 Å². The van der Waals surface area contributed by atoms with E-state index in [9.17, 15) is 14.9 Å². The zero-order chi connectivity index (χ0) is 19.8. The molecule has 7 heteroatoms. The van der Waals surface area contributed by atoms with Crippen molar-refractivity contribution in [1.82, 2.24) is 5.43 Å². The number of carbonyl (C=O) groups is 1. The maximum Gasteiger partial charge on any atom is 0.276 e. The van der Waals surface area contributed by atoms with E-state index in [0.29, 0.717) is 5.56 Å². The van der Waals surface area contributed by atoms with E-state index in [0.717, 1.165) is 16.5 Å². The molecule has 0 saturated heterocycles. The molecule has 0 atom stereocenters. The number of rotatable bonds is 7. The Balaban J connectivity index is 1.52. The van der Waals surface area contributed by atoms with Gasteiger partial charge in [0, 0.05) is 23.4 Å². The van der Waals surface area contributed by atoms with Crippen molar-refractivity contribution in [2.45, 2.75) is 0 Å². The van der Waals surface area contributed by atoms with E-state index in [2.05, 4.69) is 15.8 Å². The minimum absolute atomic E-state index is 0.00970. The Labute approximate surface area is 161 Å². The number of amides is 1. The smallest absolute Gasteiger partial charge is 0.276 e. The van der Waals surface area contributed by atoms with Crippen LogP contribution in [-0.4, -0.2) is 23.6 Å². The quantitative estimate of drug-likeness (QED) is 0.371. The Morgan fingerprint density at radius 1 is 1.04 bits per heavy atom. The normalized spacial score (nSPS) is 11.1. The molecule has 3 rings (SSSR count). The van der Waals surface area contributed by atoms with Crippen molar-refractivity contribution >= 4 is 40.3 Å². The van der Waals surface area contributed by atoms with Crippen LogP contribution in [0.1, 0.15) is 5.56 Å². The number of fused-ring (bicyclic) bond motifs is 1. The van der Waals surface area contributed by atoms with Crippen LogP contribution in [0.2, 0.25) is 0 Å². The van der Waals surface area contributed by atoms with Crippen molar-refractivity contribution in [3.8, 4) is 0 Å². The topological polar surface area (TPSA) is 96.6 Å². The number of hydrogen-bond donors (Lipinski definition) is 2. The van der Waals surface area contributed by atoms with Crippen molar-refractivity contribution < 1.29 is 9.72 Å². The molecule has 3 aromatic carbocycles. The number of carbonyl (C=O) groups excluding carboxylic acids is 1. The zero-order valence-corrected chi connectivity index (χ0v) is 14.9. The second kappa shape index (κ2) is 9.09. The molecule has 2 N–H and O–H groups in total. The van der Waals surface area contributed by atoms with Gasteiger partial charge >= 0.3 is 0 Å². The van der Waals surface area contributed by atoms with Crippen molar-refractivity contribution in [3.63, 3.8) is 0 Å². The Kier molecular flexibility index (Phi) is 6.10. The Morgan fingerprint density at radius 3 is 2.64 bits per heavy atom. The highest BCUT2D eigenvalue weighted by Crippen LogP contribution is 2.22. The van der Waals surface area contributed by atoms with Crippen LogP contribution in [0.25, 0.3) is 16.8 Å². The number of hydrogen-bond acceptors (Lipinski definition) is 5. The molecule has 0 aromatic heterocycles. The molecule has 28 heavy (non-hydrogen) atoms. The Bertz CT molecular complexity index is 1050. The van der Waals surface area contributed by atoms with Gasteiger partial charge in [-0.2, -0.15) is 5.10 Å². The summed E-state index contributed by atoms with van der Waals surface area (Å²) in [6, 6.07) is 20.1. The third-order valence-corrected chi connectivity index (χ3v) is 3.99. The number of nitro groups is 1. The van der Waals surface area contributed by atoms with Gasteiger partial charge in [-0.05, 0) is 29.7 Å². The zero-order valence-electron chi connectivity index (χ0n) is 14.9. The standard InChI is InChI=1S/C21H18N4O3/c26-21(15-22-19-12-5-9-16-7-1-3-11-18(16)19)24-23-14-6-10-17-8-2-4-13-20(17)25(27)28/h1-14,22H,15H2,(H,24,26)/b10-6+,23-14-. The highest BCUT2D eigenvalue weighted by Gasteiger charge is 2.08. The number of hydrazone groups is 1. The molecule has 0 spiro atoms. The highest BCUT2D eigenvalue weighted by atomic mass is 16.6. The first-order chi connectivity index (χ1) is 13.6. The van der Waals surface area contributed by atoms with Crippen LogP contribution in [0.4, 0.5) is 11.4 Å². The second-order valence-electron chi connectivity index (χ2n) is 5.87. The summed E-state index contributed by atoms with van der Waals surface area (Å²) < 4.78 is 0. The van der Waals surface area contributed by atoms with Crippen molar-refractivity contribution in [3.05, 3.63) is 88.5 Å². The molecule has 0 bridgehead atoms. The molecule has 0 radical (unpaired) electrons. The lowest BCUT2D eigenvalue weighted by atomic mass is 10.1. The number of anilines is 1. The fraction of sp³-hybridized carbons (Fsp3) is 0.0476. The van der Waals surface area contributed by atoms with Gasteiger partial charge in [0.2, 0.25) is 0 Å². The van der Waals surface area contributed by atoms with Gasteiger partial charge in [0.1, 0.15) is 0 Å². The minimum Gasteiger partial charge on any atom is -0.376 e. The lowest BCUT2D eigenvalue weighted by Crippen LogP contribution is -2.25. The van der Waals surface area contributed by atoms with Crippen LogP contribution in [0.15, 0.2) is 77.9 Å². The van der Waals surface area contributed by atoms with Crippen molar-refractivity contribution in [1.29, 1.82) is 0 Å². The van der Waals surface area contributed by atoms with Gasteiger partial charge in [-0.15, -0.1) is 0 Å². The number of nitro benzene ring substituents is 1.